The molecule has 0 aromatic rings. The Kier molecular flexibility index (Phi) is 3.99. The van der Waals surface area contributed by atoms with E-state index in [2.05, 4.69) is 13.8 Å². The second kappa shape index (κ2) is 4.83. The van der Waals surface area contributed by atoms with E-state index in [1.165, 1.54) is 0 Å². The molecule has 1 aliphatic rings. The summed E-state index contributed by atoms with van der Waals surface area (Å²) in [6.45, 7) is 5.88. The van der Waals surface area contributed by atoms with Gasteiger partial charge in [-0.1, -0.05) is 32.1 Å². The maximum Gasteiger partial charge on any atom is 0.145 e. The van der Waals surface area contributed by atoms with Crippen LogP contribution in [0.3, 0.4) is 0 Å². The summed E-state index contributed by atoms with van der Waals surface area (Å²) in [5, 5.41) is 0.589. The van der Waals surface area contributed by atoms with Crippen molar-refractivity contribution in [1.29, 1.82) is 0 Å². The van der Waals surface area contributed by atoms with Crippen LogP contribution >= 0.6 is 11.8 Å². The molecule has 0 radical (unpaired) electrons. The Morgan fingerprint density at radius 1 is 1.43 bits per heavy atom. The molecule has 1 aliphatic carbocycles. The van der Waals surface area contributed by atoms with Gasteiger partial charge in [0, 0.05) is 5.75 Å². The topological polar surface area (TPSA) is 0 Å². The molecule has 14 heavy (non-hydrogen) atoms. The van der Waals surface area contributed by atoms with E-state index in [-0.39, 0.29) is 0 Å². The highest BCUT2D eigenvalue weighted by atomic mass is 32.2. The first kappa shape index (κ1) is 11.6. The molecule has 0 bridgehead atoms. The van der Waals surface area contributed by atoms with E-state index in [4.69, 9.17) is 0 Å². The number of halogens is 1. The highest BCUT2D eigenvalue weighted by molar-refractivity contribution is 8.00. The Morgan fingerprint density at radius 2 is 2.14 bits per heavy atom. The van der Waals surface area contributed by atoms with Gasteiger partial charge in [-0.3, -0.25) is 0 Å². The molecule has 1 rings (SSSR count). The second-order valence-electron chi connectivity index (χ2n) is 3.95. The van der Waals surface area contributed by atoms with Gasteiger partial charge < -0.3 is 0 Å². The first-order chi connectivity index (χ1) is 6.49. The van der Waals surface area contributed by atoms with Gasteiger partial charge in [0.2, 0.25) is 0 Å². The van der Waals surface area contributed by atoms with Crippen molar-refractivity contribution in [3.05, 3.63) is 36.0 Å². The van der Waals surface area contributed by atoms with Crippen LogP contribution in [0.4, 0.5) is 4.39 Å². The third kappa shape index (κ3) is 4.14. The molecule has 0 spiro atoms. The van der Waals surface area contributed by atoms with E-state index in [1.807, 2.05) is 23.9 Å². The van der Waals surface area contributed by atoms with Crippen LogP contribution in [0.5, 0.6) is 0 Å². The highest BCUT2D eigenvalue weighted by Crippen LogP contribution is 2.23. The molecule has 1 atom stereocenters. The minimum atomic E-state index is -1.30. The average Bonchev–Trinajstić information content (AvgIpc) is 2.22. The lowest BCUT2D eigenvalue weighted by atomic mass is 10.1. The summed E-state index contributed by atoms with van der Waals surface area (Å²) in [7, 11) is 0. The number of alkyl halides is 1. The SMILES string of the molecule is CC(C)SCC1=CC(C)(F)C=CC=C1. The van der Waals surface area contributed by atoms with Crippen LogP contribution in [-0.2, 0) is 0 Å². The molecule has 1 unspecified atom stereocenters. The molecule has 0 amide bonds. The molecule has 0 aromatic heterocycles. The summed E-state index contributed by atoms with van der Waals surface area (Å²) in [4.78, 5) is 0. The molecule has 0 saturated carbocycles. The van der Waals surface area contributed by atoms with E-state index in [0.717, 1.165) is 11.3 Å². The third-order valence-corrected chi connectivity index (χ3v) is 3.06. The predicted octanol–water partition coefficient (Wildman–Crippen LogP) is 3.91. The fraction of sp³-hybridized carbons (Fsp3) is 0.500. The lowest BCUT2D eigenvalue weighted by Gasteiger charge is -2.11. The molecule has 0 nitrogen and oxygen atoms in total. The van der Waals surface area contributed by atoms with Gasteiger partial charge in [-0.05, 0) is 29.9 Å². The molecule has 78 valence electrons. The van der Waals surface area contributed by atoms with Crippen LogP contribution in [-0.4, -0.2) is 16.7 Å². The van der Waals surface area contributed by atoms with Crippen molar-refractivity contribution in [2.75, 3.05) is 5.75 Å². The standard InChI is InChI=1S/C12H17FS/c1-10(2)14-9-11-6-4-5-7-12(3,13)8-11/h4-8,10H,9H2,1-3H3. The second-order valence-corrected chi connectivity index (χ2v) is 5.51. The number of allylic oxidation sites excluding steroid dienone is 5. The smallest absolute Gasteiger partial charge is 0.145 e. The molecule has 0 aromatic carbocycles. The quantitative estimate of drug-likeness (QED) is 0.683. The van der Waals surface area contributed by atoms with Gasteiger partial charge in [-0.15, -0.1) is 0 Å². The van der Waals surface area contributed by atoms with E-state index in [9.17, 15) is 4.39 Å². The van der Waals surface area contributed by atoms with Gasteiger partial charge in [-0.25, -0.2) is 4.39 Å². The van der Waals surface area contributed by atoms with Crippen molar-refractivity contribution in [2.24, 2.45) is 0 Å². The summed E-state index contributed by atoms with van der Waals surface area (Å²) in [6.07, 6.45) is 8.93. The zero-order valence-corrected chi connectivity index (χ0v) is 9.77. The van der Waals surface area contributed by atoms with Crippen LogP contribution in [0, 0.1) is 0 Å². The van der Waals surface area contributed by atoms with Crippen molar-refractivity contribution in [1.82, 2.24) is 0 Å². The van der Waals surface area contributed by atoms with Crippen LogP contribution in [0.2, 0.25) is 0 Å². The van der Waals surface area contributed by atoms with E-state index in [1.54, 1.807) is 25.2 Å². The average molecular weight is 212 g/mol. The zero-order chi connectivity index (χ0) is 10.6. The lowest BCUT2D eigenvalue weighted by molar-refractivity contribution is 0.327. The number of hydrogen-bond acceptors (Lipinski definition) is 1. The van der Waals surface area contributed by atoms with Gasteiger partial charge in [0.1, 0.15) is 5.67 Å². The highest BCUT2D eigenvalue weighted by Gasteiger charge is 2.17. The van der Waals surface area contributed by atoms with Gasteiger partial charge in [-0.2, -0.15) is 11.8 Å². The van der Waals surface area contributed by atoms with Gasteiger partial charge in [0.05, 0.1) is 0 Å². The minimum absolute atomic E-state index is 0.589. The Balaban J connectivity index is 2.64. The summed E-state index contributed by atoms with van der Waals surface area (Å²) in [5.74, 6) is 0.884. The summed E-state index contributed by atoms with van der Waals surface area (Å²) in [5.41, 5.74) is -0.227. The molecule has 0 heterocycles. The molecule has 0 fully saturated rings. The predicted molar refractivity (Wildman–Crippen MR) is 63.5 cm³/mol. The molecule has 2 heteroatoms. The first-order valence-corrected chi connectivity index (χ1v) is 5.93. The Morgan fingerprint density at radius 3 is 2.79 bits per heavy atom. The first-order valence-electron chi connectivity index (χ1n) is 4.88. The summed E-state index contributed by atoms with van der Waals surface area (Å²) < 4.78 is 13.7. The van der Waals surface area contributed by atoms with Crippen molar-refractivity contribution >= 4 is 11.8 Å². The number of thioether (sulfide) groups is 1. The van der Waals surface area contributed by atoms with Gasteiger partial charge in [0.25, 0.3) is 0 Å². The number of rotatable bonds is 3. The molecule has 0 N–H and O–H groups in total. The number of hydrogen-bond donors (Lipinski definition) is 0. The molecule has 0 aliphatic heterocycles. The Bertz CT molecular complexity index is 272. The van der Waals surface area contributed by atoms with Gasteiger partial charge in [0.15, 0.2) is 0 Å². The van der Waals surface area contributed by atoms with Crippen LogP contribution < -0.4 is 0 Å². The summed E-state index contributed by atoms with van der Waals surface area (Å²) >= 11 is 1.83. The molecular formula is C12H17FS. The minimum Gasteiger partial charge on any atom is -0.235 e. The lowest BCUT2D eigenvalue weighted by Crippen LogP contribution is -2.10. The van der Waals surface area contributed by atoms with Crippen molar-refractivity contribution in [3.63, 3.8) is 0 Å². The molecule has 0 saturated heterocycles. The van der Waals surface area contributed by atoms with E-state index >= 15 is 0 Å². The maximum absolute atomic E-state index is 13.7. The fourth-order valence-corrected chi connectivity index (χ4v) is 1.94. The van der Waals surface area contributed by atoms with Crippen molar-refractivity contribution < 1.29 is 4.39 Å². The van der Waals surface area contributed by atoms with E-state index < -0.39 is 5.67 Å². The summed E-state index contributed by atoms with van der Waals surface area (Å²) in [6, 6.07) is 0. The third-order valence-electron chi connectivity index (χ3n) is 1.89. The van der Waals surface area contributed by atoms with Crippen LogP contribution in [0.15, 0.2) is 36.0 Å². The zero-order valence-electron chi connectivity index (χ0n) is 8.96. The largest absolute Gasteiger partial charge is 0.235 e. The monoisotopic (exact) mass is 212 g/mol. The maximum atomic E-state index is 13.7. The Hall–Kier alpha value is -0.500. The molecular weight excluding hydrogens is 195 g/mol. The normalized spacial score (nSPS) is 26.5. The van der Waals surface area contributed by atoms with Gasteiger partial charge >= 0.3 is 0 Å². The van der Waals surface area contributed by atoms with Crippen LogP contribution in [0.1, 0.15) is 20.8 Å². The van der Waals surface area contributed by atoms with Crippen molar-refractivity contribution in [3.8, 4) is 0 Å². The fourth-order valence-electron chi connectivity index (χ4n) is 1.23. The van der Waals surface area contributed by atoms with Crippen molar-refractivity contribution in [2.45, 2.75) is 31.7 Å². The Labute approximate surface area is 90.0 Å². The van der Waals surface area contributed by atoms with Crippen LogP contribution in [0.25, 0.3) is 0 Å². The van der Waals surface area contributed by atoms with E-state index in [0.29, 0.717) is 5.25 Å².